The van der Waals surface area contributed by atoms with Crippen LogP contribution in [0.5, 0.6) is 0 Å². The summed E-state index contributed by atoms with van der Waals surface area (Å²) >= 11 is 0. The smallest absolute Gasteiger partial charge is 0.306 e. The van der Waals surface area contributed by atoms with Crippen molar-refractivity contribution in [1.29, 1.82) is 0 Å². The van der Waals surface area contributed by atoms with Crippen molar-refractivity contribution < 1.29 is 28.6 Å². The summed E-state index contributed by atoms with van der Waals surface area (Å²) in [6.07, 6.45) is 90.3. The third-order valence-corrected chi connectivity index (χ3v) is 16.6. The molecule has 480 valence electrons. The van der Waals surface area contributed by atoms with Crippen LogP contribution in [0.15, 0.2) is 48.6 Å². The Balaban J connectivity index is 4.12. The zero-order valence-corrected chi connectivity index (χ0v) is 55.3. The summed E-state index contributed by atoms with van der Waals surface area (Å²) in [7, 11) is 0. The van der Waals surface area contributed by atoms with E-state index >= 15 is 0 Å². The van der Waals surface area contributed by atoms with E-state index in [0.29, 0.717) is 19.3 Å². The van der Waals surface area contributed by atoms with Crippen molar-refractivity contribution in [2.45, 2.75) is 406 Å². The van der Waals surface area contributed by atoms with E-state index in [4.69, 9.17) is 14.2 Å². The molecule has 0 fully saturated rings. The molecule has 0 aromatic carbocycles. The van der Waals surface area contributed by atoms with Gasteiger partial charge >= 0.3 is 17.9 Å². The number of carbonyl (C=O) groups excluding carboxylic acids is 3. The van der Waals surface area contributed by atoms with E-state index in [2.05, 4.69) is 69.4 Å². The number of allylic oxidation sites excluding steroid dienone is 8. The molecule has 0 aromatic rings. The first kappa shape index (κ1) is 79.4. The molecule has 0 aliphatic carbocycles. The van der Waals surface area contributed by atoms with E-state index in [1.165, 1.54) is 270 Å². The molecule has 0 saturated heterocycles. The maximum atomic E-state index is 12.9. The Bertz CT molecular complexity index is 1410. The summed E-state index contributed by atoms with van der Waals surface area (Å²) < 4.78 is 17.0. The highest BCUT2D eigenvalue weighted by molar-refractivity contribution is 5.71. The van der Waals surface area contributed by atoms with E-state index in [9.17, 15) is 14.4 Å². The Morgan fingerprint density at radius 1 is 0.256 bits per heavy atom. The maximum absolute atomic E-state index is 12.9. The van der Waals surface area contributed by atoms with E-state index < -0.39 is 6.10 Å². The molecule has 0 aliphatic heterocycles. The van der Waals surface area contributed by atoms with Crippen LogP contribution in [-0.2, 0) is 28.6 Å². The number of rotatable bonds is 68. The number of hydrogen-bond acceptors (Lipinski definition) is 6. The maximum Gasteiger partial charge on any atom is 0.306 e. The lowest BCUT2D eigenvalue weighted by atomic mass is 10.0. The zero-order valence-electron chi connectivity index (χ0n) is 55.3. The van der Waals surface area contributed by atoms with Crippen LogP contribution in [0.25, 0.3) is 0 Å². The lowest BCUT2D eigenvalue weighted by molar-refractivity contribution is -0.167. The second kappa shape index (κ2) is 70.9. The van der Waals surface area contributed by atoms with Gasteiger partial charge in [-0.25, -0.2) is 0 Å². The molecule has 0 spiro atoms. The molecule has 6 nitrogen and oxygen atoms in total. The zero-order chi connectivity index (χ0) is 59.2. The van der Waals surface area contributed by atoms with Crippen molar-refractivity contribution in [3.63, 3.8) is 0 Å². The highest BCUT2D eigenvalue weighted by atomic mass is 16.6. The van der Waals surface area contributed by atoms with Crippen molar-refractivity contribution in [1.82, 2.24) is 0 Å². The number of unbranched alkanes of at least 4 members (excludes halogenated alkanes) is 49. The van der Waals surface area contributed by atoms with E-state index in [0.717, 1.165) is 89.9 Å². The highest BCUT2D eigenvalue weighted by Crippen LogP contribution is 2.19. The van der Waals surface area contributed by atoms with Crippen molar-refractivity contribution in [3.8, 4) is 0 Å². The molecule has 0 rings (SSSR count). The Kier molecular flexibility index (Phi) is 68.6. The van der Waals surface area contributed by atoms with Crippen LogP contribution in [0, 0.1) is 0 Å². The van der Waals surface area contributed by atoms with Gasteiger partial charge in [0.25, 0.3) is 0 Å². The van der Waals surface area contributed by atoms with Gasteiger partial charge in [0.15, 0.2) is 6.10 Å². The van der Waals surface area contributed by atoms with Crippen molar-refractivity contribution in [3.05, 3.63) is 48.6 Å². The fourth-order valence-corrected chi connectivity index (χ4v) is 11.1. The number of esters is 3. The number of carbonyl (C=O) groups is 3. The SMILES string of the molecule is CC/C=C\C/C=C\C/C=C\CCCCCCCCCC(=O)OC(COC(=O)CCCCCCC/C=C\CCCCCCC)COC(=O)CCCCCCCCCCCCCCCCCCCCCCCCCCCCCCCCCCC. The molecular formula is C76H140O6. The first-order valence-corrected chi connectivity index (χ1v) is 36.6. The third-order valence-electron chi connectivity index (χ3n) is 16.6. The quantitative estimate of drug-likeness (QED) is 0.0261. The van der Waals surface area contributed by atoms with Crippen LogP contribution in [0.1, 0.15) is 400 Å². The predicted molar refractivity (Wildman–Crippen MR) is 358 cm³/mol. The van der Waals surface area contributed by atoms with Crippen molar-refractivity contribution >= 4 is 17.9 Å². The van der Waals surface area contributed by atoms with Gasteiger partial charge in [0, 0.05) is 19.3 Å². The molecule has 0 amide bonds. The topological polar surface area (TPSA) is 78.9 Å². The molecule has 0 bridgehead atoms. The minimum absolute atomic E-state index is 0.0761. The Morgan fingerprint density at radius 2 is 0.476 bits per heavy atom. The molecule has 0 radical (unpaired) electrons. The van der Waals surface area contributed by atoms with Crippen LogP contribution < -0.4 is 0 Å². The van der Waals surface area contributed by atoms with Gasteiger partial charge in [-0.2, -0.15) is 0 Å². The summed E-state index contributed by atoms with van der Waals surface area (Å²) in [5, 5.41) is 0. The van der Waals surface area contributed by atoms with Crippen LogP contribution in [0.2, 0.25) is 0 Å². The Hall–Kier alpha value is -2.63. The lowest BCUT2D eigenvalue weighted by Gasteiger charge is -2.18. The van der Waals surface area contributed by atoms with E-state index in [1.807, 2.05) is 0 Å². The summed E-state index contributed by atoms with van der Waals surface area (Å²) in [6, 6.07) is 0. The summed E-state index contributed by atoms with van der Waals surface area (Å²) in [4.78, 5) is 38.4. The molecule has 82 heavy (non-hydrogen) atoms. The molecular weight excluding hydrogens is 1010 g/mol. The van der Waals surface area contributed by atoms with Gasteiger partial charge < -0.3 is 14.2 Å². The van der Waals surface area contributed by atoms with Crippen LogP contribution >= 0.6 is 0 Å². The van der Waals surface area contributed by atoms with E-state index in [1.54, 1.807) is 0 Å². The molecule has 0 aliphatic rings. The van der Waals surface area contributed by atoms with Crippen molar-refractivity contribution in [2.75, 3.05) is 13.2 Å². The molecule has 0 N–H and O–H groups in total. The van der Waals surface area contributed by atoms with Crippen LogP contribution in [0.4, 0.5) is 0 Å². The molecule has 1 atom stereocenters. The molecule has 0 saturated carbocycles. The van der Waals surface area contributed by atoms with Gasteiger partial charge in [0.05, 0.1) is 0 Å². The average Bonchev–Trinajstić information content (AvgIpc) is 3.48. The third kappa shape index (κ3) is 68.2. The summed E-state index contributed by atoms with van der Waals surface area (Å²) in [6.45, 7) is 6.57. The summed E-state index contributed by atoms with van der Waals surface area (Å²) in [5.74, 6) is -0.871. The largest absolute Gasteiger partial charge is 0.462 e. The standard InChI is InChI=1S/C76H140O6/c1-4-7-10-13-16-19-22-25-28-30-31-32-33-34-35-36-37-38-39-40-41-42-43-44-45-47-48-51-54-57-60-63-66-69-75(78)81-72-73(71-80-74(77)68-65-62-59-56-53-50-27-24-21-18-15-12-9-6-3)82-76(79)70-67-64-61-58-55-52-49-46-29-26-23-20-17-14-11-8-5-2/h8,11,17,20,24,26-27,29,73H,4-7,9-10,12-16,18-19,21-23,25,28,30-72H2,1-3H3/b11-8-,20-17-,27-24-,29-26-. The first-order chi connectivity index (χ1) is 40.5. The van der Waals surface area contributed by atoms with Crippen molar-refractivity contribution in [2.24, 2.45) is 0 Å². The second-order valence-corrected chi connectivity index (χ2v) is 24.8. The van der Waals surface area contributed by atoms with Gasteiger partial charge in [0.2, 0.25) is 0 Å². The predicted octanol–water partition coefficient (Wildman–Crippen LogP) is 25.3. The monoisotopic (exact) mass is 1150 g/mol. The average molecular weight is 1150 g/mol. The molecule has 0 heterocycles. The summed E-state index contributed by atoms with van der Waals surface area (Å²) in [5.41, 5.74) is 0. The van der Waals surface area contributed by atoms with Crippen LogP contribution in [-0.4, -0.2) is 37.2 Å². The number of hydrogen-bond donors (Lipinski definition) is 0. The lowest BCUT2D eigenvalue weighted by Crippen LogP contribution is -2.30. The van der Waals surface area contributed by atoms with Gasteiger partial charge in [-0.15, -0.1) is 0 Å². The van der Waals surface area contributed by atoms with Gasteiger partial charge in [-0.3, -0.25) is 14.4 Å². The van der Waals surface area contributed by atoms with E-state index in [-0.39, 0.29) is 31.1 Å². The minimum atomic E-state index is -0.782. The van der Waals surface area contributed by atoms with Crippen LogP contribution in [0.3, 0.4) is 0 Å². The van der Waals surface area contributed by atoms with Gasteiger partial charge in [0.1, 0.15) is 13.2 Å². The first-order valence-electron chi connectivity index (χ1n) is 36.6. The highest BCUT2D eigenvalue weighted by Gasteiger charge is 2.19. The number of ether oxygens (including phenoxy) is 3. The van der Waals surface area contributed by atoms with Gasteiger partial charge in [-0.1, -0.05) is 352 Å². The second-order valence-electron chi connectivity index (χ2n) is 24.8. The molecule has 1 unspecified atom stereocenters. The molecule has 0 aromatic heterocycles. The van der Waals surface area contributed by atoms with Gasteiger partial charge in [-0.05, 0) is 77.0 Å². The Morgan fingerprint density at radius 3 is 0.756 bits per heavy atom. The minimum Gasteiger partial charge on any atom is -0.462 e. The fraction of sp³-hybridized carbons (Fsp3) is 0.855. The molecule has 6 heteroatoms. The normalized spacial score (nSPS) is 12.3. The Labute approximate surface area is 511 Å². The fourth-order valence-electron chi connectivity index (χ4n) is 11.1.